The van der Waals surface area contributed by atoms with Gasteiger partial charge in [-0.3, -0.25) is 18.7 Å². The van der Waals surface area contributed by atoms with Crippen molar-refractivity contribution in [3.8, 4) is 10.8 Å². The number of thiophene rings is 1. The van der Waals surface area contributed by atoms with Crippen molar-refractivity contribution in [1.29, 1.82) is 0 Å². The number of hydrogen-bond donors (Lipinski definition) is 0. The van der Waals surface area contributed by atoms with Gasteiger partial charge in [0.1, 0.15) is 6.54 Å². The molecule has 0 N–H and O–H groups in total. The summed E-state index contributed by atoms with van der Waals surface area (Å²) in [6, 6.07) is 3.75. The van der Waals surface area contributed by atoms with Gasteiger partial charge in [-0.2, -0.15) is 0 Å². The molecular formula is C19H21N7O5S. The Morgan fingerprint density at radius 1 is 1.25 bits per heavy atom. The molecule has 0 aliphatic carbocycles. The molecule has 0 aromatic carbocycles. The van der Waals surface area contributed by atoms with E-state index in [9.17, 15) is 14.4 Å². The number of aryl methyl sites for hydroxylation is 1. The van der Waals surface area contributed by atoms with E-state index >= 15 is 0 Å². The van der Waals surface area contributed by atoms with E-state index in [4.69, 9.17) is 9.15 Å². The molecule has 0 unspecified atom stereocenters. The zero-order chi connectivity index (χ0) is 22.8. The number of carbonyl (C=O) groups excluding carboxylic acids is 1. The number of methoxy groups -OCH3 is 1. The van der Waals surface area contributed by atoms with Crippen LogP contribution in [0.5, 0.6) is 0 Å². The van der Waals surface area contributed by atoms with Gasteiger partial charge >= 0.3 is 5.69 Å². The van der Waals surface area contributed by atoms with Gasteiger partial charge in [0.2, 0.25) is 11.8 Å². The molecule has 0 saturated carbocycles. The summed E-state index contributed by atoms with van der Waals surface area (Å²) in [6.07, 6.45) is 1.37. The van der Waals surface area contributed by atoms with Gasteiger partial charge in [-0.25, -0.2) is 9.78 Å². The van der Waals surface area contributed by atoms with Gasteiger partial charge in [0.05, 0.1) is 24.4 Å². The predicted octanol–water partition coefficient (Wildman–Crippen LogP) is 0.220. The first kappa shape index (κ1) is 21.6. The Kier molecular flexibility index (Phi) is 6.01. The lowest BCUT2D eigenvalue weighted by molar-refractivity contribution is -0.133. The largest absolute Gasteiger partial charge is 0.418 e. The average molecular weight is 459 g/mol. The van der Waals surface area contributed by atoms with E-state index in [0.717, 1.165) is 9.44 Å². The molecular weight excluding hydrogens is 438 g/mol. The molecule has 4 heterocycles. The van der Waals surface area contributed by atoms with Crippen molar-refractivity contribution in [2.45, 2.75) is 13.1 Å². The first-order valence-electron chi connectivity index (χ1n) is 9.64. The number of aromatic nitrogens is 6. The normalized spacial score (nSPS) is 11.3. The van der Waals surface area contributed by atoms with Gasteiger partial charge in [-0.1, -0.05) is 6.07 Å². The van der Waals surface area contributed by atoms with Crippen molar-refractivity contribution in [3.05, 3.63) is 50.6 Å². The van der Waals surface area contributed by atoms with E-state index in [-0.39, 0.29) is 42.6 Å². The van der Waals surface area contributed by atoms with Gasteiger partial charge in [0.25, 0.3) is 11.4 Å². The Balaban J connectivity index is 1.59. The lowest BCUT2D eigenvalue weighted by Crippen LogP contribution is -2.39. The van der Waals surface area contributed by atoms with Crippen LogP contribution in [-0.2, 0) is 36.7 Å². The van der Waals surface area contributed by atoms with Crippen LogP contribution >= 0.6 is 11.3 Å². The highest BCUT2D eigenvalue weighted by Crippen LogP contribution is 2.23. The first-order chi connectivity index (χ1) is 15.4. The zero-order valence-electron chi connectivity index (χ0n) is 17.7. The molecule has 12 nitrogen and oxygen atoms in total. The fraction of sp³-hybridized carbons (Fsp3) is 0.368. The smallest absolute Gasteiger partial charge is 0.332 e. The third kappa shape index (κ3) is 3.99. The van der Waals surface area contributed by atoms with Gasteiger partial charge in [0, 0.05) is 27.7 Å². The molecule has 0 saturated heterocycles. The number of hydrogen-bond acceptors (Lipinski definition) is 9. The number of nitrogens with zero attached hydrogens (tertiary/aromatic N) is 7. The van der Waals surface area contributed by atoms with E-state index in [1.54, 1.807) is 0 Å². The summed E-state index contributed by atoms with van der Waals surface area (Å²) in [5, 5.41) is 9.99. The molecule has 0 fully saturated rings. The van der Waals surface area contributed by atoms with Crippen LogP contribution in [0.2, 0.25) is 0 Å². The number of rotatable bonds is 8. The molecule has 1 amide bonds. The molecule has 168 valence electrons. The third-order valence-electron chi connectivity index (χ3n) is 4.97. The van der Waals surface area contributed by atoms with Gasteiger partial charge < -0.3 is 18.6 Å². The van der Waals surface area contributed by atoms with Crippen LogP contribution in [0.15, 0.2) is 37.8 Å². The SMILES string of the molecule is COCCN(Cc1nnc(-c2cccs2)o1)C(=O)Cn1cnc2c1c(=O)n(C)c(=O)n2C. The van der Waals surface area contributed by atoms with Crippen LogP contribution in [0.1, 0.15) is 5.89 Å². The topological polar surface area (TPSA) is 130 Å². The summed E-state index contributed by atoms with van der Waals surface area (Å²) >= 11 is 1.47. The highest BCUT2D eigenvalue weighted by atomic mass is 32.1. The average Bonchev–Trinajstić information content (AvgIpc) is 3.54. The third-order valence-corrected chi connectivity index (χ3v) is 5.82. The van der Waals surface area contributed by atoms with Crippen LogP contribution in [0.25, 0.3) is 21.9 Å². The molecule has 4 aromatic heterocycles. The second-order valence-corrected chi connectivity index (χ2v) is 7.98. The molecule has 32 heavy (non-hydrogen) atoms. The Morgan fingerprint density at radius 2 is 2.06 bits per heavy atom. The number of fused-ring (bicyclic) bond motifs is 1. The number of ether oxygens (including phenoxy) is 1. The first-order valence-corrected chi connectivity index (χ1v) is 10.5. The standard InChI is InChI=1S/C19H21N7O5S/c1-23-16-15(18(28)24(2)19(23)29)26(11-20-16)10-14(27)25(6-7-30-3)9-13-21-22-17(31-13)12-5-4-8-32-12/h4-5,8,11H,6-7,9-10H2,1-3H3. The second kappa shape index (κ2) is 8.88. The monoisotopic (exact) mass is 459 g/mol. The molecule has 4 aromatic rings. The van der Waals surface area contributed by atoms with Gasteiger partial charge in [0.15, 0.2) is 11.2 Å². The highest BCUT2D eigenvalue weighted by Gasteiger charge is 2.21. The molecule has 0 radical (unpaired) electrons. The van der Waals surface area contributed by atoms with Crippen LogP contribution in [-0.4, -0.2) is 60.0 Å². The number of imidazole rings is 1. The quantitative estimate of drug-likeness (QED) is 0.366. The minimum atomic E-state index is -0.519. The Bertz CT molecular complexity index is 1370. The van der Waals surface area contributed by atoms with E-state index in [1.807, 2.05) is 17.5 Å². The van der Waals surface area contributed by atoms with Crippen LogP contribution in [0.3, 0.4) is 0 Å². The zero-order valence-corrected chi connectivity index (χ0v) is 18.5. The maximum Gasteiger partial charge on any atom is 0.332 e. The van der Waals surface area contributed by atoms with Crippen molar-refractivity contribution in [3.63, 3.8) is 0 Å². The molecule has 0 aliphatic rings. The Labute approximate surface area is 185 Å². The predicted molar refractivity (Wildman–Crippen MR) is 115 cm³/mol. The van der Waals surface area contributed by atoms with E-state index in [2.05, 4.69) is 15.2 Å². The summed E-state index contributed by atoms with van der Waals surface area (Å²) in [5.74, 6) is 0.374. The van der Waals surface area contributed by atoms with E-state index in [0.29, 0.717) is 12.5 Å². The maximum atomic E-state index is 13.1. The minimum absolute atomic E-state index is 0.0870. The van der Waals surface area contributed by atoms with Crippen molar-refractivity contribution in [2.75, 3.05) is 20.3 Å². The van der Waals surface area contributed by atoms with Crippen molar-refractivity contribution in [1.82, 2.24) is 33.8 Å². The summed E-state index contributed by atoms with van der Waals surface area (Å²) in [7, 11) is 4.45. The lowest BCUT2D eigenvalue weighted by atomic mass is 10.4. The highest BCUT2D eigenvalue weighted by molar-refractivity contribution is 7.13. The molecule has 0 spiro atoms. The van der Waals surface area contributed by atoms with Gasteiger partial charge in [-0.15, -0.1) is 21.5 Å². The maximum absolute atomic E-state index is 13.1. The van der Waals surface area contributed by atoms with Crippen molar-refractivity contribution in [2.24, 2.45) is 14.1 Å². The summed E-state index contributed by atoms with van der Waals surface area (Å²) in [4.78, 5) is 44.3. The van der Waals surface area contributed by atoms with Crippen LogP contribution in [0.4, 0.5) is 0 Å². The summed E-state index contributed by atoms with van der Waals surface area (Å²) < 4.78 is 14.5. The number of amides is 1. The Morgan fingerprint density at radius 3 is 2.78 bits per heavy atom. The summed E-state index contributed by atoms with van der Waals surface area (Å²) in [6.45, 7) is 0.525. The van der Waals surface area contributed by atoms with Crippen LogP contribution in [0, 0.1) is 0 Å². The van der Waals surface area contributed by atoms with Crippen LogP contribution < -0.4 is 11.2 Å². The minimum Gasteiger partial charge on any atom is -0.418 e. The van der Waals surface area contributed by atoms with E-state index < -0.39 is 11.2 Å². The number of carbonyl (C=O) groups is 1. The Hall–Kier alpha value is -3.58. The fourth-order valence-electron chi connectivity index (χ4n) is 3.24. The molecule has 0 atom stereocenters. The molecule has 0 aliphatic heterocycles. The van der Waals surface area contributed by atoms with E-state index in [1.165, 1.54) is 52.9 Å². The lowest BCUT2D eigenvalue weighted by Gasteiger charge is -2.21. The molecule has 0 bridgehead atoms. The van der Waals surface area contributed by atoms with Crippen molar-refractivity contribution >= 4 is 28.4 Å². The molecule has 4 rings (SSSR count). The second-order valence-electron chi connectivity index (χ2n) is 7.04. The van der Waals surface area contributed by atoms with Crippen molar-refractivity contribution < 1.29 is 13.9 Å². The molecule has 13 heteroatoms. The fourth-order valence-corrected chi connectivity index (χ4v) is 3.88. The summed E-state index contributed by atoms with van der Waals surface area (Å²) in [5.41, 5.74) is -0.618. The van der Waals surface area contributed by atoms with Gasteiger partial charge in [-0.05, 0) is 11.4 Å².